The third-order valence-electron chi connectivity index (χ3n) is 2.96. The molecule has 0 radical (unpaired) electrons. The maximum Gasteiger partial charge on any atom is 0.407 e. The summed E-state index contributed by atoms with van der Waals surface area (Å²) in [7, 11) is 1.68. The predicted molar refractivity (Wildman–Crippen MR) is 80.8 cm³/mol. The van der Waals surface area contributed by atoms with E-state index in [2.05, 4.69) is 24.1 Å². The molecule has 3 N–H and O–H groups in total. The van der Waals surface area contributed by atoms with E-state index in [1.165, 1.54) is 0 Å². The first-order valence-corrected chi connectivity index (χ1v) is 7.16. The van der Waals surface area contributed by atoms with Gasteiger partial charge in [-0.25, -0.2) is 4.79 Å². The Labute approximate surface area is 123 Å². The van der Waals surface area contributed by atoms with Gasteiger partial charge in [0.15, 0.2) is 0 Å². The Balaban J connectivity index is 4.41. The highest BCUT2D eigenvalue weighted by molar-refractivity contribution is 5.67. The lowest BCUT2D eigenvalue weighted by Gasteiger charge is -2.35. The van der Waals surface area contributed by atoms with Gasteiger partial charge in [0.05, 0.1) is 6.61 Å². The van der Waals surface area contributed by atoms with E-state index in [0.29, 0.717) is 19.7 Å². The van der Waals surface area contributed by atoms with Crippen LogP contribution in [0.5, 0.6) is 0 Å². The van der Waals surface area contributed by atoms with Crippen LogP contribution in [-0.4, -0.2) is 62.0 Å². The summed E-state index contributed by atoms with van der Waals surface area (Å²) in [6.07, 6.45) is -0.411. The van der Waals surface area contributed by atoms with Crippen LogP contribution in [0, 0.1) is 0 Å². The number of carbonyl (C=O) groups is 1. The van der Waals surface area contributed by atoms with Gasteiger partial charge in [0.25, 0.3) is 0 Å². The molecule has 0 aliphatic carbocycles. The Bertz CT molecular complexity index is 279. The van der Waals surface area contributed by atoms with Crippen LogP contribution in [0.3, 0.4) is 0 Å². The molecule has 0 aromatic rings. The Hall–Kier alpha value is -0.850. The number of nitrogens with zero attached hydrogens (tertiary/aromatic N) is 1. The van der Waals surface area contributed by atoms with Crippen LogP contribution in [0.2, 0.25) is 0 Å². The Morgan fingerprint density at radius 2 is 2.00 bits per heavy atom. The van der Waals surface area contributed by atoms with E-state index in [-0.39, 0.29) is 12.1 Å². The number of methoxy groups -OCH3 is 1. The van der Waals surface area contributed by atoms with Crippen LogP contribution in [0.1, 0.15) is 34.6 Å². The maximum atomic E-state index is 11.7. The number of hydrogen-bond acceptors (Lipinski definition) is 5. The topological polar surface area (TPSA) is 76.8 Å². The maximum absolute atomic E-state index is 11.7. The van der Waals surface area contributed by atoms with Crippen LogP contribution < -0.4 is 11.1 Å². The van der Waals surface area contributed by atoms with Gasteiger partial charge in [-0.15, -0.1) is 0 Å². The highest BCUT2D eigenvalue weighted by Crippen LogP contribution is 2.08. The molecule has 0 bridgehead atoms. The SMILES string of the molecule is CCN(C(C)COC)C(CN)CNC(=O)OC(C)(C)C. The molecule has 0 aliphatic heterocycles. The average molecular weight is 289 g/mol. The van der Waals surface area contributed by atoms with Crippen molar-refractivity contribution in [3.8, 4) is 0 Å². The Kier molecular flexibility index (Phi) is 8.76. The lowest BCUT2D eigenvalue weighted by atomic mass is 10.2. The minimum Gasteiger partial charge on any atom is -0.444 e. The van der Waals surface area contributed by atoms with Crippen molar-refractivity contribution in [2.45, 2.75) is 52.3 Å². The minimum atomic E-state index is -0.490. The molecule has 20 heavy (non-hydrogen) atoms. The molecule has 0 aliphatic rings. The van der Waals surface area contributed by atoms with Gasteiger partial charge < -0.3 is 20.5 Å². The van der Waals surface area contributed by atoms with Crippen molar-refractivity contribution < 1.29 is 14.3 Å². The summed E-state index contributed by atoms with van der Waals surface area (Å²) >= 11 is 0. The number of hydrogen-bond donors (Lipinski definition) is 2. The zero-order valence-electron chi connectivity index (χ0n) is 13.7. The lowest BCUT2D eigenvalue weighted by molar-refractivity contribution is 0.0467. The number of ether oxygens (including phenoxy) is 2. The van der Waals surface area contributed by atoms with E-state index in [0.717, 1.165) is 6.54 Å². The minimum absolute atomic E-state index is 0.0673. The van der Waals surface area contributed by atoms with Crippen molar-refractivity contribution in [1.82, 2.24) is 10.2 Å². The van der Waals surface area contributed by atoms with Gasteiger partial charge in [0, 0.05) is 32.3 Å². The van der Waals surface area contributed by atoms with Gasteiger partial charge in [-0.05, 0) is 34.2 Å². The molecule has 1 amide bonds. The fourth-order valence-corrected chi connectivity index (χ4v) is 2.12. The molecule has 0 aromatic carbocycles. The summed E-state index contributed by atoms with van der Waals surface area (Å²) in [5.41, 5.74) is 5.33. The fourth-order valence-electron chi connectivity index (χ4n) is 2.12. The molecule has 2 unspecified atom stereocenters. The highest BCUT2D eigenvalue weighted by Gasteiger charge is 2.23. The molecule has 0 saturated carbocycles. The van der Waals surface area contributed by atoms with Crippen LogP contribution in [0.4, 0.5) is 4.79 Å². The van der Waals surface area contributed by atoms with E-state index >= 15 is 0 Å². The summed E-state index contributed by atoms with van der Waals surface area (Å²) in [5, 5.41) is 2.78. The zero-order valence-corrected chi connectivity index (χ0v) is 13.7. The summed E-state index contributed by atoms with van der Waals surface area (Å²) < 4.78 is 10.4. The van der Waals surface area contributed by atoms with Gasteiger partial charge >= 0.3 is 6.09 Å². The van der Waals surface area contributed by atoms with Gasteiger partial charge in [-0.2, -0.15) is 0 Å². The van der Waals surface area contributed by atoms with E-state index in [4.69, 9.17) is 15.2 Å². The molecule has 6 heteroatoms. The number of alkyl carbamates (subject to hydrolysis) is 1. The van der Waals surface area contributed by atoms with Gasteiger partial charge in [0.1, 0.15) is 5.60 Å². The first-order valence-electron chi connectivity index (χ1n) is 7.16. The van der Waals surface area contributed by atoms with Crippen molar-refractivity contribution in [2.24, 2.45) is 5.73 Å². The number of carbonyl (C=O) groups excluding carboxylic acids is 1. The first kappa shape index (κ1) is 19.1. The van der Waals surface area contributed by atoms with Gasteiger partial charge in [0.2, 0.25) is 0 Å². The molecule has 2 atom stereocenters. The zero-order chi connectivity index (χ0) is 15.8. The molecule has 120 valence electrons. The second-order valence-corrected chi connectivity index (χ2v) is 5.91. The van der Waals surface area contributed by atoms with Crippen molar-refractivity contribution >= 4 is 6.09 Å². The molecule has 0 aromatic heterocycles. The molecular weight excluding hydrogens is 258 g/mol. The largest absolute Gasteiger partial charge is 0.444 e. The number of likely N-dealkylation sites (N-methyl/N-ethyl adjacent to an activating group) is 1. The first-order chi connectivity index (χ1) is 9.25. The standard InChI is InChI=1S/C14H31N3O3/c1-7-17(11(2)10-19-6)12(8-15)9-16-13(18)20-14(3,4)5/h11-12H,7-10,15H2,1-6H3,(H,16,18). The van der Waals surface area contributed by atoms with E-state index < -0.39 is 11.7 Å². The van der Waals surface area contributed by atoms with Crippen LogP contribution in [0.15, 0.2) is 0 Å². The number of amides is 1. The summed E-state index contributed by atoms with van der Waals surface area (Å²) in [6, 6.07) is 0.316. The van der Waals surface area contributed by atoms with Crippen molar-refractivity contribution in [3.05, 3.63) is 0 Å². The Morgan fingerprint density at radius 1 is 1.40 bits per heavy atom. The number of rotatable bonds is 8. The molecule has 0 saturated heterocycles. The van der Waals surface area contributed by atoms with Gasteiger partial charge in [-0.3, -0.25) is 4.90 Å². The highest BCUT2D eigenvalue weighted by atomic mass is 16.6. The smallest absolute Gasteiger partial charge is 0.407 e. The normalized spacial score (nSPS) is 15.0. The fraction of sp³-hybridized carbons (Fsp3) is 0.929. The molecule has 0 rings (SSSR count). The van der Waals surface area contributed by atoms with E-state index in [1.54, 1.807) is 7.11 Å². The van der Waals surface area contributed by atoms with Crippen LogP contribution >= 0.6 is 0 Å². The predicted octanol–water partition coefficient (Wildman–Crippen LogP) is 1.20. The Morgan fingerprint density at radius 3 is 2.40 bits per heavy atom. The second-order valence-electron chi connectivity index (χ2n) is 5.91. The van der Waals surface area contributed by atoms with Crippen molar-refractivity contribution in [2.75, 3.05) is 33.4 Å². The summed E-state index contributed by atoms with van der Waals surface area (Å²) in [6.45, 7) is 12.1. The van der Waals surface area contributed by atoms with Gasteiger partial charge in [-0.1, -0.05) is 6.92 Å². The molecule has 6 nitrogen and oxygen atoms in total. The quantitative estimate of drug-likeness (QED) is 0.702. The average Bonchev–Trinajstić information content (AvgIpc) is 2.32. The van der Waals surface area contributed by atoms with Crippen LogP contribution in [0.25, 0.3) is 0 Å². The van der Waals surface area contributed by atoms with E-state index in [1.807, 2.05) is 20.8 Å². The van der Waals surface area contributed by atoms with E-state index in [9.17, 15) is 4.79 Å². The lowest BCUT2D eigenvalue weighted by Crippen LogP contribution is -2.52. The third kappa shape index (κ3) is 7.67. The van der Waals surface area contributed by atoms with Crippen molar-refractivity contribution in [1.29, 1.82) is 0 Å². The molecule has 0 spiro atoms. The second kappa shape index (κ2) is 9.15. The third-order valence-corrected chi connectivity index (χ3v) is 2.96. The molecule has 0 heterocycles. The van der Waals surface area contributed by atoms with Crippen LogP contribution in [-0.2, 0) is 9.47 Å². The monoisotopic (exact) mass is 289 g/mol. The number of nitrogens with one attached hydrogen (secondary N) is 1. The molecule has 0 fully saturated rings. The summed E-state index contributed by atoms with van der Waals surface area (Å²) in [4.78, 5) is 13.9. The van der Waals surface area contributed by atoms with Crippen molar-refractivity contribution in [3.63, 3.8) is 0 Å². The molecular formula is C14H31N3O3. The summed E-state index contributed by atoms with van der Waals surface area (Å²) in [5.74, 6) is 0. The number of nitrogens with two attached hydrogens (primary N) is 1.